The Morgan fingerprint density at radius 1 is 1.17 bits per heavy atom. The van der Waals surface area contributed by atoms with Gasteiger partial charge in [-0.05, 0) is 51.0 Å². The summed E-state index contributed by atoms with van der Waals surface area (Å²) in [6, 6.07) is 7.88. The number of likely N-dealkylation sites (tertiary alicyclic amines) is 1. The van der Waals surface area contributed by atoms with Gasteiger partial charge in [0.1, 0.15) is 17.7 Å². The fraction of sp³-hybridized carbons (Fsp3) is 0.622. The maximum Gasteiger partial charge on any atom is 0.313 e. The van der Waals surface area contributed by atoms with Crippen molar-refractivity contribution in [2.24, 2.45) is 11.8 Å². The average molecular weight is 731 g/mol. The maximum atomic E-state index is 14.5. The molecule has 0 saturated carbocycles. The van der Waals surface area contributed by atoms with Crippen LogP contribution in [-0.4, -0.2) is 105 Å². The van der Waals surface area contributed by atoms with Crippen molar-refractivity contribution in [3.63, 3.8) is 0 Å². The van der Waals surface area contributed by atoms with Gasteiger partial charge in [0.2, 0.25) is 17.7 Å². The van der Waals surface area contributed by atoms with Gasteiger partial charge >= 0.3 is 5.97 Å². The molecular formula is C37H52BrN3O7. The number of nitrogens with zero attached hydrogens (tertiary/aromatic N) is 3. The number of carbonyl (C=O) groups excluding carboxylic acids is 4. The van der Waals surface area contributed by atoms with Crippen LogP contribution in [0.15, 0.2) is 55.6 Å². The van der Waals surface area contributed by atoms with E-state index in [1.54, 1.807) is 33.9 Å². The van der Waals surface area contributed by atoms with Crippen molar-refractivity contribution in [1.29, 1.82) is 0 Å². The molecule has 0 aliphatic carbocycles. The van der Waals surface area contributed by atoms with Gasteiger partial charge in [-0.3, -0.25) is 19.2 Å². The Morgan fingerprint density at radius 2 is 1.90 bits per heavy atom. The van der Waals surface area contributed by atoms with Gasteiger partial charge in [0.15, 0.2) is 0 Å². The van der Waals surface area contributed by atoms with E-state index in [4.69, 9.17) is 9.47 Å². The molecular weight excluding hydrogens is 678 g/mol. The zero-order valence-corrected chi connectivity index (χ0v) is 30.2. The number of benzene rings is 1. The van der Waals surface area contributed by atoms with E-state index in [0.29, 0.717) is 51.7 Å². The first kappa shape index (κ1) is 37.8. The number of alkyl halides is 1. The van der Waals surface area contributed by atoms with Crippen LogP contribution < -0.4 is 0 Å². The number of unbranched alkanes of at least 4 members (excludes halogenated alkanes) is 3. The molecule has 11 heteroatoms. The predicted molar refractivity (Wildman–Crippen MR) is 187 cm³/mol. The van der Waals surface area contributed by atoms with Crippen molar-refractivity contribution in [3.05, 3.63) is 61.2 Å². The molecule has 4 rings (SSSR count). The van der Waals surface area contributed by atoms with Crippen LogP contribution in [0.25, 0.3) is 0 Å². The molecule has 48 heavy (non-hydrogen) atoms. The highest BCUT2D eigenvalue weighted by atomic mass is 79.9. The molecule has 3 aliphatic rings. The maximum absolute atomic E-state index is 14.5. The minimum absolute atomic E-state index is 0.0486. The van der Waals surface area contributed by atoms with Crippen LogP contribution in [0.3, 0.4) is 0 Å². The van der Waals surface area contributed by atoms with Crippen molar-refractivity contribution in [2.75, 3.05) is 33.3 Å². The lowest BCUT2D eigenvalue weighted by Crippen LogP contribution is -2.57. The molecule has 1 unspecified atom stereocenters. The van der Waals surface area contributed by atoms with E-state index in [0.717, 1.165) is 18.4 Å². The molecule has 10 nitrogen and oxygen atoms in total. The number of allylic oxidation sites excluding steroid dienone is 1. The summed E-state index contributed by atoms with van der Waals surface area (Å²) in [5, 5.41) is 9.35. The van der Waals surface area contributed by atoms with Crippen LogP contribution in [0, 0.1) is 11.8 Å². The second kappa shape index (κ2) is 17.1. The van der Waals surface area contributed by atoms with Crippen molar-refractivity contribution < 1.29 is 33.8 Å². The van der Waals surface area contributed by atoms with E-state index in [1.165, 1.54) is 0 Å². The number of aliphatic hydroxyl groups excluding tert-OH is 1. The summed E-state index contributed by atoms with van der Waals surface area (Å²) in [6.45, 7) is 12.7. The van der Waals surface area contributed by atoms with Crippen molar-refractivity contribution >= 4 is 39.6 Å². The summed E-state index contributed by atoms with van der Waals surface area (Å²) in [7, 11) is 1.70. The Balaban J connectivity index is 1.69. The highest BCUT2D eigenvalue weighted by Crippen LogP contribution is 2.60. The van der Waals surface area contributed by atoms with Crippen molar-refractivity contribution in [3.8, 4) is 0 Å². The Bertz CT molecular complexity index is 1310. The number of likely N-dealkylation sites (N-methyl/N-ethyl adjacent to an activating group) is 1. The molecule has 3 aliphatic heterocycles. The van der Waals surface area contributed by atoms with Crippen LogP contribution in [0.1, 0.15) is 76.9 Å². The van der Waals surface area contributed by atoms with Gasteiger partial charge < -0.3 is 29.3 Å². The number of fused-ring (bicyclic) bond motifs is 1. The van der Waals surface area contributed by atoms with Crippen molar-refractivity contribution in [2.45, 2.75) is 99.9 Å². The number of halogens is 1. The van der Waals surface area contributed by atoms with Gasteiger partial charge in [-0.1, -0.05) is 71.8 Å². The minimum Gasteiger partial charge on any atom is -0.455 e. The van der Waals surface area contributed by atoms with Gasteiger partial charge in [0, 0.05) is 44.5 Å². The molecule has 3 saturated heterocycles. The second-order valence-electron chi connectivity index (χ2n) is 13.2. The monoisotopic (exact) mass is 729 g/mol. The summed E-state index contributed by atoms with van der Waals surface area (Å²) in [4.78, 5) is 61.0. The number of ether oxygens (including phenoxy) is 2. The van der Waals surface area contributed by atoms with E-state index in [1.807, 2.05) is 37.3 Å². The lowest BCUT2D eigenvalue weighted by atomic mass is 9.70. The molecule has 3 amide bonds. The molecule has 2 bridgehead atoms. The largest absolute Gasteiger partial charge is 0.455 e. The molecule has 264 valence electrons. The van der Waals surface area contributed by atoms with Gasteiger partial charge in [0.25, 0.3) is 0 Å². The Hall–Kier alpha value is -3.02. The first-order valence-electron chi connectivity index (χ1n) is 17.3. The molecule has 1 N–H and O–H groups in total. The van der Waals surface area contributed by atoms with E-state index in [2.05, 4.69) is 36.0 Å². The number of amides is 3. The summed E-state index contributed by atoms with van der Waals surface area (Å²) in [5.74, 6) is -3.01. The first-order valence-corrected chi connectivity index (χ1v) is 18.2. The summed E-state index contributed by atoms with van der Waals surface area (Å²) >= 11 is 3.75. The first-order chi connectivity index (χ1) is 23.1. The van der Waals surface area contributed by atoms with E-state index < -0.39 is 47.7 Å². The number of hydrogen-bond donors (Lipinski definition) is 1. The molecule has 1 aromatic rings. The zero-order valence-electron chi connectivity index (χ0n) is 28.6. The lowest BCUT2D eigenvalue weighted by molar-refractivity contribution is -0.164. The number of esters is 1. The third-order valence-electron chi connectivity index (χ3n) is 10.2. The van der Waals surface area contributed by atoms with Gasteiger partial charge in [0.05, 0.1) is 24.0 Å². The van der Waals surface area contributed by atoms with Crippen molar-refractivity contribution in [1.82, 2.24) is 14.7 Å². The van der Waals surface area contributed by atoms with Gasteiger partial charge in [-0.25, -0.2) is 0 Å². The highest BCUT2D eigenvalue weighted by Gasteiger charge is 2.77. The molecule has 3 fully saturated rings. The van der Waals surface area contributed by atoms with E-state index in [9.17, 15) is 24.3 Å². The topological polar surface area (TPSA) is 117 Å². The lowest BCUT2D eigenvalue weighted by Gasteiger charge is -2.37. The van der Waals surface area contributed by atoms with Crippen LogP contribution >= 0.6 is 15.9 Å². The molecule has 8 atom stereocenters. The molecule has 0 aromatic heterocycles. The molecule has 0 radical (unpaired) electrons. The average Bonchev–Trinajstić information content (AvgIpc) is 3.68. The van der Waals surface area contributed by atoms with E-state index >= 15 is 0 Å². The Labute approximate surface area is 293 Å². The number of aliphatic hydroxyl groups is 1. The fourth-order valence-corrected chi connectivity index (χ4v) is 8.52. The fourth-order valence-electron chi connectivity index (χ4n) is 7.58. The summed E-state index contributed by atoms with van der Waals surface area (Å²) < 4.78 is 13.0. The molecule has 1 spiro atoms. The second-order valence-corrected chi connectivity index (χ2v) is 14.4. The smallest absolute Gasteiger partial charge is 0.313 e. The summed E-state index contributed by atoms with van der Waals surface area (Å²) in [6.07, 6.45) is 6.72. The number of rotatable bonds is 19. The standard InChI is InChI=1S/C37H52BrN3O7/c1-6-9-19-28(43)39(5)25(4)31(26-17-13-11-14-18-26)47-36(46)29-30-34(44)41(22-15-12-16-23-42)33(37(30)24-27(38)32(29)48-37)35(45)40(20-8-3)21-10-7-2/h6,8,11,13-14,17-18,25,27,29-33,42H,1,3,7,9-10,12,15-16,19-24H2,2,4-5H3/t25-,27?,29+,30-,31+,32+,33+,37-/m1/s1. The quantitative estimate of drug-likeness (QED) is 0.0941. The number of carbonyl (C=O) groups is 4. The normalized spacial score (nSPS) is 26.9. The predicted octanol–water partition coefficient (Wildman–Crippen LogP) is 4.81. The highest BCUT2D eigenvalue weighted by molar-refractivity contribution is 9.09. The third-order valence-corrected chi connectivity index (χ3v) is 11.0. The van der Waals surface area contributed by atoms with Crippen LogP contribution in [0.4, 0.5) is 0 Å². The van der Waals surface area contributed by atoms with Crippen LogP contribution in [0.2, 0.25) is 0 Å². The van der Waals surface area contributed by atoms with Gasteiger partial charge in [-0.2, -0.15) is 0 Å². The SMILES string of the molecule is C=CCCC(=O)N(C)[C@H](C)[C@H](OC(=O)[C@@H]1[C@H]2O[C@@]3(CC2Br)[C@H](C(=O)N(CC=C)CCCC)N(CCCCCO)C(=O)[C@@H]13)c1ccccc1. The zero-order chi connectivity index (χ0) is 35.0. The third kappa shape index (κ3) is 7.58. The van der Waals surface area contributed by atoms with Gasteiger partial charge in [-0.15, -0.1) is 13.2 Å². The van der Waals surface area contributed by atoms with Crippen LogP contribution in [-0.2, 0) is 28.7 Å². The Morgan fingerprint density at radius 3 is 2.54 bits per heavy atom. The molecule has 3 heterocycles. The van der Waals surface area contributed by atoms with E-state index in [-0.39, 0.29) is 35.6 Å². The number of hydrogen-bond acceptors (Lipinski definition) is 7. The summed E-state index contributed by atoms with van der Waals surface area (Å²) in [5.41, 5.74) is -0.479. The molecule has 1 aromatic carbocycles. The van der Waals surface area contributed by atoms with Crippen LogP contribution in [0.5, 0.6) is 0 Å². The minimum atomic E-state index is -1.20. The Kier molecular flexibility index (Phi) is 13.4.